The summed E-state index contributed by atoms with van der Waals surface area (Å²) < 4.78 is 12.8. The summed E-state index contributed by atoms with van der Waals surface area (Å²) in [4.78, 5) is 10.1. The third kappa shape index (κ3) is 2.07. The molecule has 0 fully saturated rings. The number of nitrogens with zero attached hydrogens (tertiary/aromatic N) is 1. The van der Waals surface area contributed by atoms with Gasteiger partial charge in [-0.2, -0.15) is 0 Å². The Morgan fingerprint density at radius 2 is 1.93 bits per heavy atom. The minimum absolute atomic E-state index is 0.155. The van der Waals surface area contributed by atoms with Crippen LogP contribution in [-0.2, 0) is 5.41 Å². The molecule has 0 saturated carbocycles. The molecule has 0 bridgehead atoms. The molecule has 1 aromatic carbocycles. The van der Waals surface area contributed by atoms with E-state index >= 15 is 0 Å². The van der Waals surface area contributed by atoms with Crippen molar-refractivity contribution in [3.8, 4) is 0 Å². The van der Waals surface area contributed by atoms with Crippen LogP contribution in [0.3, 0.4) is 0 Å². The summed E-state index contributed by atoms with van der Waals surface area (Å²) in [5.74, 6) is -0.579. The van der Waals surface area contributed by atoms with E-state index in [4.69, 9.17) is 0 Å². The second-order valence-corrected chi connectivity index (χ2v) is 4.17. The van der Waals surface area contributed by atoms with E-state index in [0.717, 1.165) is 6.07 Å². The van der Waals surface area contributed by atoms with Crippen LogP contribution >= 0.6 is 0 Å². The van der Waals surface area contributed by atoms with Crippen LogP contribution in [0.15, 0.2) is 18.2 Å². The van der Waals surface area contributed by atoms with E-state index in [1.165, 1.54) is 12.1 Å². The molecule has 1 rings (SSSR count). The van der Waals surface area contributed by atoms with E-state index < -0.39 is 10.7 Å². The van der Waals surface area contributed by atoms with Crippen LogP contribution in [0.4, 0.5) is 10.1 Å². The van der Waals surface area contributed by atoms with E-state index in [-0.39, 0.29) is 11.1 Å². The lowest BCUT2D eigenvalue weighted by molar-refractivity contribution is -0.386. The fourth-order valence-corrected chi connectivity index (χ4v) is 1.29. The molecule has 0 N–H and O–H groups in total. The average Bonchev–Trinajstić information content (AvgIpc) is 2.01. The van der Waals surface area contributed by atoms with Gasteiger partial charge in [0.05, 0.1) is 11.0 Å². The maximum atomic E-state index is 12.8. The number of hydrogen-bond acceptors (Lipinski definition) is 2. The smallest absolute Gasteiger partial charge is 0.258 e. The van der Waals surface area contributed by atoms with Crippen molar-refractivity contribution in [2.75, 3.05) is 0 Å². The molecule has 0 amide bonds. The molecule has 0 unspecified atom stereocenters. The number of rotatable bonds is 1. The molecule has 4 heteroatoms. The normalized spacial score (nSPS) is 11.4. The van der Waals surface area contributed by atoms with Gasteiger partial charge >= 0.3 is 0 Å². The second kappa shape index (κ2) is 3.36. The van der Waals surface area contributed by atoms with Gasteiger partial charge in [-0.05, 0) is 17.5 Å². The third-order valence-electron chi connectivity index (χ3n) is 1.96. The van der Waals surface area contributed by atoms with Crippen molar-refractivity contribution in [2.24, 2.45) is 0 Å². The molecule has 76 valence electrons. The molecule has 0 spiro atoms. The summed E-state index contributed by atoms with van der Waals surface area (Å²) in [6.45, 7) is 5.56. The van der Waals surface area contributed by atoms with Crippen LogP contribution in [0.1, 0.15) is 26.3 Å². The van der Waals surface area contributed by atoms with Gasteiger partial charge in [0, 0.05) is 5.56 Å². The van der Waals surface area contributed by atoms with Crippen molar-refractivity contribution in [3.05, 3.63) is 39.7 Å². The molecule has 0 aliphatic carbocycles. The SMILES string of the molecule is CC(C)(C)c1ccc(F)cc1[N+](=O)[O-]. The minimum atomic E-state index is -0.579. The fourth-order valence-electron chi connectivity index (χ4n) is 1.29. The number of halogens is 1. The number of nitro groups is 1. The van der Waals surface area contributed by atoms with Gasteiger partial charge in [0.15, 0.2) is 0 Å². The van der Waals surface area contributed by atoms with Gasteiger partial charge in [0.25, 0.3) is 5.69 Å². The first kappa shape index (κ1) is 10.6. The van der Waals surface area contributed by atoms with Gasteiger partial charge < -0.3 is 0 Å². The Labute approximate surface area is 81.7 Å². The quantitative estimate of drug-likeness (QED) is 0.513. The summed E-state index contributed by atoms with van der Waals surface area (Å²) >= 11 is 0. The molecule has 0 heterocycles. The largest absolute Gasteiger partial charge is 0.276 e. The van der Waals surface area contributed by atoms with E-state index in [2.05, 4.69) is 0 Å². The van der Waals surface area contributed by atoms with Crippen LogP contribution in [0, 0.1) is 15.9 Å². The summed E-state index contributed by atoms with van der Waals surface area (Å²) in [7, 11) is 0. The third-order valence-corrected chi connectivity index (χ3v) is 1.96. The van der Waals surface area contributed by atoms with Gasteiger partial charge in [-0.1, -0.05) is 20.8 Å². The van der Waals surface area contributed by atoms with Crippen LogP contribution < -0.4 is 0 Å². The lowest BCUT2D eigenvalue weighted by Crippen LogP contribution is -2.13. The topological polar surface area (TPSA) is 43.1 Å². The molecular formula is C10H12FNO2. The molecule has 0 atom stereocenters. The Morgan fingerprint density at radius 1 is 1.36 bits per heavy atom. The highest BCUT2D eigenvalue weighted by Gasteiger charge is 2.24. The second-order valence-electron chi connectivity index (χ2n) is 4.17. The number of benzene rings is 1. The number of hydrogen-bond donors (Lipinski definition) is 0. The minimum Gasteiger partial charge on any atom is -0.258 e. The van der Waals surface area contributed by atoms with Gasteiger partial charge in [0.2, 0.25) is 0 Å². The molecule has 0 aliphatic rings. The number of nitro benzene ring substituents is 1. The van der Waals surface area contributed by atoms with Crippen LogP contribution in [-0.4, -0.2) is 4.92 Å². The summed E-state index contributed by atoms with van der Waals surface area (Å²) in [6.07, 6.45) is 0. The van der Waals surface area contributed by atoms with Crippen molar-refractivity contribution < 1.29 is 9.31 Å². The van der Waals surface area contributed by atoms with Gasteiger partial charge in [0.1, 0.15) is 5.82 Å². The Kier molecular flexibility index (Phi) is 2.55. The summed E-state index contributed by atoms with van der Waals surface area (Å²) in [5.41, 5.74) is 0.0391. The van der Waals surface area contributed by atoms with E-state index in [9.17, 15) is 14.5 Å². The predicted molar refractivity (Wildman–Crippen MR) is 51.8 cm³/mol. The zero-order chi connectivity index (χ0) is 10.9. The van der Waals surface area contributed by atoms with Crippen molar-refractivity contribution in [1.82, 2.24) is 0 Å². The Balaban J connectivity index is 3.37. The van der Waals surface area contributed by atoms with Gasteiger partial charge in [-0.3, -0.25) is 10.1 Å². The first-order valence-corrected chi connectivity index (χ1v) is 4.27. The van der Waals surface area contributed by atoms with Crippen LogP contribution in [0.25, 0.3) is 0 Å². The highest BCUT2D eigenvalue weighted by atomic mass is 19.1. The van der Waals surface area contributed by atoms with Crippen molar-refractivity contribution >= 4 is 5.69 Å². The van der Waals surface area contributed by atoms with E-state index in [1.807, 2.05) is 20.8 Å². The molecule has 0 saturated heterocycles. The van der Waals surface area contributed by atoms with Crippen LogP contribution in [0.5, 0.6) is 0 Å². The zero-order valence-corrected chi connectivity index (χ0v) is 8.37. The summed E-state index contributed by atoms with van der Waals surface area (Å²) in [5, 5.41) is 10.7. The van der Waals surface area contributed by atoms with Crippen molar-refractivity contribution in [1.29, 1.82) is 0 Å². The van der Waals surface area contributed by atoms with Crippen molar-refractivity contribution in [2.45, 2.75) is 26.2 Å². The monoisotopic (exact) mass is 197 g/mol. The maximum Gasteiger partial charge on any atom is 0.276 e. The molecule has 0 radical (unpaired) electrons. The molecule has 1 aromatic rings. The molecule has 3 nitrogen and oxygen atoms in total. The van der Waals surface area contributed by atoms with E-state index in [1.54, 1.807) is 0 Å². The van der Waals surface area contributed by atoms with Crippen molar-refractivity contribution in [3.63, 3.8) is 0 Å². The molecule has 0 aromatic heterocycles. The lowest BCUT2D eigenvalue weighted by atomic mass is 9.86. The maximum absolute atomic E-state index is 12.8. The van der Waals surface area contributed by atoms with Gasteiger partial charge in [-0.15, -0.1) is 0 Å². The Bertz CT molecular complexity index is 369. The summed E-state index contributed by atoms with van der Waals surface area (Å²) in [6, 6.07) is 3.67. The van der Waals surface area contributed by atoms with Crippen LogP contribution in [0.2, 0.25) is 0 Å². The average molecular weight is 197 g/mol. The highest BCUT2D eigenvalue weighted by Crippen LogP contribution is 2.31. The van der Waals surface area contributed by atoms with Gasteiger partial charge in [-0.25, -0.2) is 4.39 Å². The first-order chi connectivity index (χ1) is 6.32. The highest BCUT2D eigenvalue weighted by molar-refractivity contribution is 5.44. The Hall–Kier alpha value is -1.45. The molecule has 0 aliphatic heterocycles. The molecule has 14 heavy (non-hydrogen) atoms. The lowest BCUT2D eigenvalue weighted by Gasteiger charge is -2.18. The first-order valence-electron chi connectivity index (χ1n) is 4.27. The van der Waals surface area contributed by atoms with E-state index in [0.29, 0.717) is 5.56 Å². The Morgan fingerprint density at radius 3 is 2.36 bits per heavy atom. The standard InChI is InChI=1S/C10H12FNO2/c1-10(2,3)8-5-4-7(11)6-9(8)12(13)14/h4-6H,1-3H3. The zero-order valence-electron chi connectivity index (χ0n) is 8.37. The fraction of sp³-hybridized carbons (Fsp3) is 0.400. The molecular weight excluding hydrogens is 185 g/mol. The predicted octanol–water partition coefficient (Wildman–Crippen LogP) is 3.03.